The highest BCUT2D eigenvalue weighted by atomic mass is 127. The number of amides is 1. The van der Waals surface area contributed by atoms with Crippen LogP contribution in [0.25, 0.3) is 5.57 Å². The first-order chi connectivity index (χ1) is 14.0. The summed E-state index contributed by atoms with van der Waals surface area (Å²) in [5.74, 6) is -4.74. The highest BCUT2D eigenvalue weighted by Crippen LogP contribution is 2.54. The molecule has 1 amide bonds. The lowest BCUT2D eigenvalue weighted by Crippen LogP contribution is -2.63. The number of benzene rings is 1. The number of hydrogen-bond donors (Lipinski definition) is 6. The van der Waals surface area contributed by atoms with E-state index in [2.05, 4.69) is 34.5 Å². The maximum atomic E-state index is 13.1. The van der Waals surface area contributed by atoms with Crippen molar-refractivity contribution in [1.82, 2.24) is 5.32 Å². The van der Waals surface area contributed by atoms with E-state index in [-0.39, 0.29) is 23.7 Å². The van der Waals surface area contributed by atoms with Gasteiger partial charge in [-0.3, -0.25) is 9.59 Å². The summed E-state index contributed by atoms with van der Waals surface area (Å²) >= 11 is 2.16. The molecule has 0 spiro atoms. The predicted octanol–water partition coefficient (Wildman–Crippen LogP) is 1.21. The van der Waals surface area contributed by atoms with Crippen LogP contribution in [0.5, 0.6) is 5.75 Å². The second-order valence-electron chi connectivity index (χ2n) is 7.89. The first-order valence-corrected chi connectivity index (χ1v) is 10.4. The van der Waals surface area contributed by atoms with Crippen LogP contribution in [0.2, 0.25) is 0 Å². The Hall–Kier alpha value is -2.37. The minimum absolute atomic E-state index is 0.0123. The molecule has 3 aliphatic rings. The summed E-state index contributed by atoms with van der Waals surface area (Å²) in [5, 5.41) is 46.4. The molecule has 4 rings (SSSR count). The van der Waals surface area contributed by atoms with E-state index in [9.17, 15) is 30.0 Å². The fourth-order valence-electron chi connectivity index (χ4n) is 5.15. The third-order valence-electron chi connectivity index (χ3n) is 6.49. The summed E-state index contributed by atoms with van der Waals surface area (Å²) in [5.41, 5.74) is 4.01. The third kappa shape index (κ3) is 2.51. The van der Waals surface area contributed by atoms with E-state index in [0.29, 0.717) is 17.6 Å². The molecule has 0 bridgehead atoms. The van der Waals surface area contributed by atoms with Crippen molar-refractivity contribution < 1.29 is 30.0 Å². The van der Waals surface area contributed by atoms with Gasteiger partial charge in [0.15, 0.2) is 5.60 Å². The number of aliphatic hydroxyl groups is 3. The highest BCUT2D eigenvalue weighted by Gasteiger charge is 2.62. The molecule has 3 aliphatic carbocycles. The quantitative estimate of drug-likeness (QED) is 0.251. The van der Waals surface area contributed by atoms with E-state index in [4.69, 9.17) is 5.73 Å². The zero-order valence-corrected chi connectivity index (χ0v) is 18.2. The maximum Gasteiger partial charge on any atom is 0.255 e. The molecule has 8 nitrogen and oxygen atoms in total. The number of aliphatic hydroxyl groups excluding tert-OH is 2. The van der Waals surface area contributed by atoms with Crippen molar-refractivity contribution in [3.8, 4) is 5.75 Å². The van der Waals surface area contributed by atoms with Gasteiger partial charge in [0, 0.05) is 20.6 Å². The van der Waals surface area contributed by atoms with Gasteiger partial charge >= 0.3 is 0 Å². The number of rotatable bonds is 2. The predicted molar refractivity (Wildman–Crippen MR) is 116 cm³/mol. The molecule has 1 aromatic carbocycles. The molecule has 0 aliphatic heterocycles. The average molecular weight is 524 g/mol. The number of Topliss-reactive ketones (excluding diaryl/α,β-unsaturated/α-hetero) is 1. The Balaban J connectivity index is 1.97. The lowest BCUT2D eigenvalue weighted by atomic mass is 9.58. The largest absolute Gasteiger partial charge is 0.510 e. The van der Waals surface area contributed by atoms with Crippen LogP contribution < -0.4 is 11.1 Å². The van der Waals surface area contributed by atoms with Gasteiger partial charge in [-0.2, -0.15) is 0 Å². The minimum Gasteiger partial charge on any atom is -0.510 e. The van der Waals surface area contributed by atoms with Crippen molar-refractivity contribution >= 4 is 39.9 Å². The van der Waals surface area contributed by atoms with Gasteiger partial charge in [0.25, 0.3) is 5.91 Å². The van der Waals surface area contributed by atoms with Crippen LogP contribution in [0.3, 0.4) is 0 Å². The molecular formula is C21H21IN2O6. The van der Waals surface area contributed by atoms with E-state index in [1.807, 2.05) is 0 Å². The van der Waals surface area contributed by atoms with Crippen LogP contribution in [-0.4, -0.2) is 50.8 Å². The highest BCUT2D eigenvalue weighted by molar-refractivity contribution is 14.1. The molecule has 4 atom stereocenters. The molecule has 0 radical (unpaired) electrons. The summed E-state index contributed by atoms with van der Waals surface area (Å²) in [6.07, 6.45) is 0.679. The standard InChI is InChI=1S/C21H21IN2O6/c1-7-13-8(5-9-11(22)3-4-12(25)14(7)9)6-10-16(24-2)17(26)15(20(23)29)19(28)21(10,30)18(13)27/h3-4,8,10,16,24-27,30H,1,5-6H2,2H3,(H2,23,29)/t8?,10?,16-,21-/m0/s1. The number of carbonyl (C=O) groups is 2. The Kier molecular flexibility index (Phi) is 4.75. The lowest BCUT2D eigenvalue weighted by Gasteiger charge is -2.49. The Labute approximate surface area is 185 Å². The average Bonchev–Trinajstić information content (AvgIpc) is 2.67. The van der Waals surface area contributed by atoms with Crippen molar-refractivity contribution in [2.75, 3.05) is 7.05 Å². The molecule has 158 valence electrons. The van der Waals surface area contributed by atoms with E-state index in [1.165, 1.54) is 13.1 Å². The van der Waals surface area contributed by atoms with E-state index < -0.39 is 46.3 Å². The first kappa shape index (κ1) is 20.9. The van der Waals surface area contributed by atoms with Crippen molar-refractivity contribution in [3.63, 3.8) is 0 Å². The van der Waals surface area contributed by atoms with Crippen molar-refractivity contribution in [2.24, 2.45) is 17.6 Å². The van der Waals surface area contributed by atoms with Crippen LogP contribution in [0, 0.1) is 15.4 Å². The van der Waals surface area contributed by atoms with E-state index >= 15 is 0 Å². The van der Waals surface area contributed by atoms with E-state index in [0.717, 1.165) is 9.13 Å². The SMILES string of the molecule is C=C1C2=C(O)[C@]3(O)C(=O)C(C(N)=O)=C(O)[C@@H](NC)C3CC2Cc2c(I)ccc(O)c21. The molecule has 0 heterocycles. The summed E-state index contributed by atoms with van der Waals surface area (Å²) in [6.45, 7) is 4.02. The fourth-order valence-corrected chi connectivity index (χ4v) is 5.82. The number of nitrogens with one attached hydrogen (secondary N) is 1. The number of primary amides is 1. The van der Waals surface area contributed by atoms with Crippen LogP contribution in [0.15, 0.2) is 41.4 Å². The molecule has 2 unspecified atom stereocenters. The van der Waals surface area contributed by atoms with Gasteiger partial charge in [-0.25, -0.2) is 0 Å². The second-order valence-corrected chi connectivity index (χ2v) is 9.05. The summed E-state index contributed by atoms with van der Waals surface area (Å²) < 4.78 is 0.921. The van der Waals surface area contributed by atoms with Gasteiger partial charge in [0.2, 0.25) is 5.78 Å². The number of hydrogen-bond acceptors (Lipinski definition) is 7. The summed E-state index contributed by atoms with van der Waals surface area (Å²) in [4.78, 5) is 24.9. The summed E-state index contributed by atoms with van der Waals surface area (Å²) in [7, 11) is 1.52. The minimum atomic E-state index is -2.45. The van der Waals surface area contributed by atoms with Crippen LogP contribution in [-0.2, 0) is 16.0 Å². The Morgan fingerprint density at radius 1 is 1.33 bits per heavy atom. The molecule has 0 saturated carbocycles. The fraction of sp³-hybridized carbons (Fsp3) is 0.333. The normalized spacial score (nSPS) is 30.7. The Morgan fingerprint density at radius 3 is 2.60 bits per heavy atom. The number of allylic oxidation sites excluding steroid dienone is 2. The smallest absolute Gasteiger partial charge is 0.255 e. The molecule has 0 aromatic heterocycles. The monoisotopic (exact) mass is 524 g/mol. The Morgan fingerprint density at radius 2 is 2.00 bits per heavy atom. The van der Waals surface area contributed by atoms with Crippen LogP contribution in [0.4, 0.5) is 0 Å². The second kappa shape index (κ2) is 6.82. The van der Waals surface area contributed by atoms with Gasteiger partial charge in [0.1, 0.15) is 22.8 Å². The number of phenols is 1. The number of phenolic OH excluding ortho intramolecular Hbond substituents is 1. The number of halogens is 1. The zero-order chi connectivity index (χ0) is 22.1. The maximum absolute atomic E-state index is 13.1. The first-order valence-electron chi connectivity index (χ1n) is 9.36. The number of carbonyl (C=O) groups excluding carboxylic acids is 2. The van der Waals surface area contributed by atoms with Crippen LogP contribution in [0.1, 0.15) is 17.5 Å². The summed E-state index contributed by atoms with van der Waals surface area (Å²) in [6, 6.07) is 2.35. The van der Waals surface area contributed by atoms with Gasteiger partial charge in [-0.1, -0.05) is 6.58 Å². The molecule has 0 fully saturated rings. The molecular weight excluding hydrogens is 503 g/mol. The van der Waals surface area contributed by atoms with Crippen LogP contribution >= 0.6 is 22.6 Å². The van der Waals surface area contributed by atoms with Crippen molar-refractivity contribution in [3.05, 3.63) is 56.1 Å². The van der Waals surface area contributed by atoms with E-state index in [1.54, 1.807) is 6.07 Å². The number of aromatic hydroxyl groups is 1. The molecule has 30 heavy (non-hydrogen) atoms. The molecule has 9 heteroatoms. The van der Waals surface area contributed by atoms with Gasteiger partial charge in [-0.05, 0) is 71.7 Å². The third-order valence-corrected chi connectivity index (χ3v) is 7.51. The lowest BCUT2D eigenvalue weighted by molar-refractivity contribution is -0.146. The zero-order valence-electron chi connectivity index (χ0n) is 16.1. The topological polar surface area (TPSA) is 153 Å². The van der Waals surface area contributed by atoms with Gasteiger partial charge in [0.05, 0.1) is 6.04 Å². The molecule has 7 N–H and O–H groups in total. The van der Waals surface area contributed by atoms with Gasteiger partial charge in [-0.15, -0.1) is 0 Å². The number of nitrogens with two attached hydrogens (primary N) is 1. The van der Waals surface area contributed by atoms with Crippen molar-refractivity contribution in [1.29, 1.82) is 0 Å². The molecule has 1 aromatic rings. The van der Waals surface area contributed by atoms with Gasteiger partial charge < -0.3 is 31.5 Å². The number of likely N-dealkylation sites (N-methyl/N-ethyl adjacent to an activating group) is 1. The Bertz CT molecular complexity index is 1090. The number of ketones is 1. The van der Waals surface area contributed by atoms with Crippen molar-refractivity contribution in [2.45, 2.75) is 24.5 Å². The number of fused-ring (bicyclic) bond motifs is 3. The molecule has 0 saturated heterocycles.